The van der Waals surface area contributed by atoms with Crippen LogP contribution in [0.3, 0.4) is 0 Å². The molecule has 0 radical (unpaired) electrons. The topological polar surface area (TPSA) is 47.1 Å². The monoisotopic (exact) mass is 254 g/mol. The third-order valence-corrected chi connectivity index (χ3v) is 4.27. The lowest BCUT2D eigenvalue weighted by Gasteiger charge is -2.33. The van der Waals surface area contributed by atoms with E-state index in [9.17, 15) is 0 Å². The summed E-state index contributed by atoms with van der Waals surface area (Å²) in [5.74, 6) is 2.28. The van der Waals surface area contributed by atoms with E-state index in [1.807, 2.05) is 18.7 Å². The molecule has 1 atom stereocenters. The van der Waals surface area contributed by atoms with E-state index in [0.717, 1.165) is 30.3 Å². The molecule has 2 N–H and O–H groups in total. The third-order valence-electron chi connectivity index (χ3n) is 3.14. The highest BCUT2D eigenvalue weighted by Crippen LogP contribution is 2.32. The van der Waals surface area contributed by atoms with Gasteiger partial charge < -0.3 is 10.6 Å². The Kier molecular flexibility index (Phi) is 3.56. The van der Waals surface area contributed by atoms with E-state index in [0.29, 0.717) is 11.3 Å². The van der Waals surface area contributed by atoms with Crippen LogP contribution in [-0.2, 0) is 0 Å². The first-order valence-corrected chi connectivity index (χ1v) is 7.26. The highest BCUT2D eigenvalue weighted by Gasteiger charge is 2.24. The number of aromatic nitrogens is 2. The molecule has 0 saturated carbocycles. The Morgan fingerprint density at radius 3 is 2.76 bits per heavy atom. The molecule has 17 heavy (non-hydrogen) atoms. The van der Waals surface area contributed by atoms with E-state index < -0.39 is 0 Å². The van der Waals surface area contributed by atoms with Crippen molar-refractivity contribution in [2.75, 3.05) is 29.5 Å². The van der Waals surface area contributed by atoms with Gasteiger partial charge >= 0.3 is 0 Å². The summed E-state index contributed by atoms with van der Waals surface area (Å²) in [6, 6.07) is 0.353. The molecule has 96 valence electrons. The molecule has 2 heterocycles. The molecule has 2 rings (SSSR count). The number of nitrogens with zero attached hydrogens (tertiary/aromatic N) is 3. The third kappa shape index (κ3) is 2.39. The van der Waals surface area contributed by atoms with Crippen LogP contribution in [0.2, 0.25) is 0 Å². The SMILES string of the molecule is Cc1nn(C(C)C)c(N2CCSC(C)C2)c1N. The Balaban J connectivity index is 2.35. The summed E-state index contributed by atoms with van der Waals surface area (Å²) in [5, 5.41) is 5.22. The Labute approximate surface area is 108 Å². The van der Waals surface area contributed by atoms with Crippen LogP contribution in [0.5, 0.6) is 0 Å². The smallest absolute Gasteiger partial charge is 0.150 e. The standard InChI is InChI=1S/C12H22N4S/c1-8(2)16-12(11(13)10(4)14-16)15-5-6-17-9(3)7-15/h8-9H,5-7,13H2,1-4H3. The van der Waals surface area contributed by atoms with Crippen molar-refractivity contribution in [2.24, 2.45) is 0 Å². The van der Waals surface area contributed by atoms with E-state index in [1.165, 1.54) is 5.75 Å². The van der Waals surface area contributed by atoms with Crippen LogP contribution in [0.4, 0.5) is 11.5 Å². The summed E-state index contributed by atoms with van der Waals surface area (Å²) in [7, 11) is 0. The second-order valence-corrected chi connectivity index (χ2v) is 6.53. The number of hydrogen-bond acceptors (Lipinski definition) is 4. The van der Waals surface area contributed by atoms with Gasteiger partial charge in [-0.15, -0.1) is 0 Å². The number of aryl methyl sites for hydroxylation is 1. The molecule has 0 bridgehead atoms. The van der Waals surface area contributed by atoms with Crippen molar-refractivity contribution >= 4 is 23.3 Å². The van der Waals surface area contributed by atoms with Crippen LogP contribution >= 0.6 is 11.8 Å². The Bertz CT molecular complexity index is 399. The number of anilines is 2. The van der Waals surface area contributed by atoms with E-state index >= 15 is 0 Å². The fourth-order valence-corrected chi connectivity index (χ4v) is 3.25. The highest BCUT2D eigenvalue weighted by atomic mass is 32.2. The van der Waals surface area contributed by atoms with Gasteiger partial charge in [-0.2, -0.15) is 16.9 Å². The van der Waals surface area contributed by atoms with Gasteiger partial charge in [-0.25, -0.2) is 4.68 Å². The van der Waals surface area contributed by atoms with E-state index in [1.54, 1.807) is 0 Å². The lowest BCUT2D eigenvalue weighted by molar-refractivity contribution is 0.522. The van der Waals surface area contributed by atoms with Crippen molar-refractivity contribution in [3.63, 3.8) is 0 Å². The normalized spacial score (nSPS) is 21.2. The van der Waals surface area contributed by atoms with Crippen LogP contribution in [0.15, 0.2) is 0 Å². The van der Waals surface area contributed by atoms with Crippen molar-refractivity contribution in [3.8, 4) is 0 Å². The van der Waals surface area contributed by atoms with Gasteiger partial charge in [-0.3, -0.25) is 0 Å². The summed E-state index contributed by atoms with van der Waals surface area (Å²) in [6.45, 7) is 10.7. The number of nitrogen functional groups attached to an aromatic ring is 1. The second kappa shape index (κ2) is 4.80. The Morgan fingerprint density at radius 1 is 1.47 bits per heavy atom. The zero-order valence-electron chi connectivity index (χ0n) is 11.1. The molecule has 1 aromatic rings. The number of thioether (sulfide) groups is 1. The van der Waals surface area contributed by atoms with E-state index in [-0.39, 0.29) is 0 Å². The van der Waals surface area contributed by atoms with Crippen LogP contribution in [0.25, 0.3) is 0 Å². The van der Waals surface area contributed by atoms with Gasteiger partial charge in [0.1, 0.15) is 0 Å². The minimum atomic E-state index is 0.353. The minimum absolute atomic E-state index is 0.353. The van der Waals surface area contributed by atoms with Crippen molar-refractivity contribution in [1.29, 1.82) is 0 Å². The molecule has 1 unspecified atom stereocenters. The average Bonchev–Trinajstić information content (AvgIpc) is 2.56. The van der Waals surface area contributed by atoms with Gasteiger partial charge in [0, 0.05) is 30.1 Å². The minimum Gasteiger partial charge on any atom is -0.394 e. The fourth-order valence-electron chi connectivity index (χ4n) is 2.23. The Hall–Kier alpha value is -0.840. The van der Waals surface area contributed by atoms with Crippen LogP contribution < -0.4 is 10.6 Å². The molecule has 0 spiro atoms. The quantitative estimate of drug-likeness (QED) is 0.879. The summed E-state index contributed by atoms with van der Waals surface area (Å²) < 4.78 is 2.06. The molecule has 0 amide bonds. The van der Waals surface area contributed by atoms with Gasteiger partial charge in [0.25, 0.3) is 0 Å². The van der Waals surface area contributed by atoms with Crippen LogP contribution in [-0.4, -0.2) is 33.9 Å². The predicted octanol–water partition coefficient (Wildman–Crippen LogP) is 2.30. The number of nitrogens with two attached hydrogens (primary N) is 1. The molecule has 4 nitrogen and oxygen atoms in total. The Morgan fingerprint density at radius 2 is 2.18 bits per heavy atom. The predicted molar refractivity (Wildman–Crippen MR) is 75.9 cm³/mol. The van der Waals surface area contributed by atoms with Gasteiger partial charge in [0.05, 0.1) is 11.4 Å². The van der Waals surface area contributed by atoms with E-state index in [4.69, 9.17) is 5.73 Å². The van der Waals surface area contributed by atoms with Gasteiger partial charge in [0.2, 0.25) is 0 Å². The maximum absolute atomic E-state index is 6.19. The first-order chi connectivity index (χ1) is 8.00. The second-order valence-electron chi connectivity index (χ2n) is 4.99. The molecule has 1 aliphatic rings. The lowest BCUT2D eigenvalue weighted by atomic mass is 10.3. The summed E-state index contributed by atoms with van der Waals surface area (Å²) in [4.78, 5) is 2.39. The van der Waals surface area contributed by atoms with Gasteiger partial charge in [0.15, 0.2) is 5.82 Å². The molecule has 1 saturated heterocycles. The average molecular weight is 254 g/mol. The molecular weight excluding hydrogens is 232 g/mol. The number of hydrogen-bond donors (Lipinski definition) is 1. The van der Waals surface area contributed by atoms with Crippen molar-refractivity contribution in [3.05, 3.63) is 5.69 Å². The highest BCUT2D eigenvalue weighted by molar-refractivity contribution is 8.00. The van der Waals surface area contributed by atoms with Crippen LogP contribution in [0, 0.1) is 6.92 Å². The largest absolute Gasteiger partial charge is 0.394 e. The molecule has 1 fully saturated rings. The first kappa shape index (κ1) is 12.6. The first-order valence-electron chi connectivity index (χ1n) is 6.21. The maximum Gasteiger partial charge on any atom is 0.150 e. The summed E-state index contributed by atoms with van der Waals surface area (Å²) in [6.07, 6.45) is 0. The van der Waals surface area contributed by atoms with Gasteiger partial charge in [-0.1, -0.05) is 6.92 Å². The van der Waals surface area contributed by atoms with Crippen LogP contribution in [0.1, 0.15) is 32.5 Å². The summed E-state index contributed by atoms with van der Waals surface area (Å²) >= 11 is 2.03. The van der Waals surface area contributed by atoms with Crippen molar-refractivity contribution in [2.45, 2.75) is 39.0 Å². The molecule has 0 aliphatic carbocycles. The van der Waals surface area contributed by atoms with Gasteiger partial charge in [-0.05, 0) is 20.8 Å². The lowest BCUT2D eigenvalue weighted by Crippen LogP contribution is -2.38. The maximum atomic E-state index is 6.19. The molecule has 5 heteroatoms. The number of rotatable bonds is 2. The molecular formula is C12H22N4S. The van der Waals surface area contributed by atoms with Crippen molar-refractivity contribution < 1.29 is 0 Å². The summed E-state index contributed by atoms with van der Waals surface area (Å²) in [5.41, 5.74) is 7.97. The zero-order chi connectivity index (χ0) is 12.6. The molecule has 1 aliphatic heterocycles. The molecule has 0 aromatic carbocycles. The fraction of sp³-hybridized carbons (Fsp3) is 0.750. The van der Waals surface area contributed by atoms with Crippen molar-refractivity contribution in [1.82, 2.24) is 9.78 Å². The van der Waals surface area contributed by atoms with E-state index in [2.05, 4.69) is 35.5 Å². The zero-order valence-corrected chi connectivity index (χ0v) is 11.9. The molecule has 1 aromatic heterocycles.